The highest BCUT2D eigenvalue weighted by molar-refractivity contribution is 5.93. The molecule has 1 fully saturated rings. The van der Waals surface area contributed by atoms with Crippen LogP contribution in [-0.4, -0.2) is 61.6 Å². The molecule has 2 amide bonds. The minimum Gasteiger partial charge on any atom is -0.494 e. The van der Waals surface area contributed by atoms with E-state index in [1.807, 2.05) is 37.3 Å². The van der Waals surface area contributed by atoms with Crippen molar-refractivity contribution in [1.29, 1.82) is 0 Å². The van der Waals surface area contributed by atoms with Gasteiger partial charge in [0.1, 0.15) is 11.8 Å². The van der Waals surface area contributed by atoms with E-state index in [-0.39, 0.29) is 24.8 Å². The average Bonchev–Trinajstić information content (AvgIpc) is 2.84. The first kappa shape index (κ1) is 25.2. The lowest BCUT2D eigenvalue weighted by molar-refractivity contribution is -0.148. The van der Waals surface area contributed by atoms with Crippen LogP contribution < -0.4 is 15.4 Å². The van der Waals surface area contributed by atoms with Crippen LogP contribution in [0, 0.1) is 0 Å². The molecule has 1 atom stereocenters. The van der Waals surface area contributed by atoms with Crippen molar-refractivity contribution in [3.63, 3.8) is 0 Å². The lowest BCUT2D eigenvalue weighted by Gasteiger charge is -2.33. The summed E-state index contributed by atoms with van der Waals surface area (Å²) in [5.41, 5.74) is 1.93. The molecule has 2 N–H and O–H groups in total. The minimum absolute atomic E-state index is 0.0108. The van der Waals surface area contributed by atoms with Gasteiger partial charge in [-0.05, 0) is 49.1 Å². The van der Waals surface area contributed by atoms with Gasteiger partial charge in [-0.25, -0.2) is 0 Å². The molecule has 2 aromatic rings. The number of nitrogens with zero attached hydrogens (tertiary/aromatic N) is 1. The van der Waals surface area contributed by atoms with E-state index in [2.05, 4.69) is 22.8 Å². The van der Waals surface area contributed by atoms with E-state index in [0.29, 0.717) is 38.4 Å². The number of amides is 2. The number of carbonyl (C=O) groups is 3. The second-order valence-corrected chi connectivity index (χ2v) is 8.21. The Bertz CT molecular complexity index is 933. The summed E-state index contributed by atoms with van der Waals surface area (Å²) in [5, 5.41) is 5.59. The Hall–Kier alpha value is -3.39. The maximum Gasteiger partial charge on any atom is 0.307 e. The van der Waals surface area contributed by atoms with Gasteiger partial charge in [-0.15, -0.1) is 0 Å². The number of piperazine rings is 1. The number of esters is 1. The SMILES string of the molecule is CCCOC(=O)CC1C(=O)NCCN1CC(=O)Nc1ccc(OCCCc2ccccc2)cc1. The lowest BCUT2D eigenvalue weighted by atomic mass is 10.1. The largest absolute Gasteiger partial charge is 0.494 e. The highest BCUT2D eigenvalue weighted by atomic mass is 16.5. The molecule has 1 aliphatic rings. The zero-order valence-corrected chi connectivity index (χ0v) is 19.6. The van der Waals surface area contributed by atoms with Gasteiger partial charge in [-0.3, -0.25) is 19.3 Å². The molecule has 0 bridgehead atoms. The average molecular weight is 468 g/mol. The predicted molar refractivity (Wildman–Crippen MR) is 130 cm³/mol. The van der Waals surface area contributed by atoms with Gasteiger partial charge < -0.3 is 20.1 Å². The molecule has 8 nitrogen and oxygen atoms in total. The second-order valence-electron chi connectivity index (χ2n) is 8.21. The summed E-state index contributed by atoms with van der Waals surface area (Å²) in [5.74, 6) is -0.211. The third-order valence-electron chi connectivity index (χ3n) is 5.47. The van der Waals surface area contributed by atoms with Crippen molar-refractivity contribution in [3.8, 4) is 5.75 Å². The van der Waals surface area contributed by atoms with Gasteiger partial charge in [0.2, 0.25) is 11.8 Å². The molecule has 0 radical (unpaired) electrons. The number of ether oxygens (including phenoxy) is 2. The van der Waals surface area contributed by atoms with Crippen molar-refractivity contribution >= 4 is 23.5 Å². The molecule has 2 aromatic carbocycles. The Morgan fingerprint density at radius 3 is 2.59 bits per heavy atom. The van der Waals surface area contributed by atoms with E-state index >= 15 is 0 Å². The third-order valence-corrected chi connectivity index (χ3v) is 5.47. The normalized spacial score (nSPS) is 15.9. The first-order chi connectivity index (χ1) is 16.5. The van der Waals surface area contributed by atoms with Gasteiger partial charge in [-0.1, -0.05) is 37.3 Å². The molecule has 0 spiro atoms. The fourth-order valence-electron chi connectivity index (χ4n) is 3.74. The third kappa shape index (κ3) is 8.19. The summed E-state index contributed by atoms with van der Waals surface area (Å²) in [6.07, 6.45) is 2.52. The van der Waals surface area contributed by atoms with E-state index in [0.717, 1.165) is 18.6 Å². The van der Waals surface area contributed by atoms with Crippen LogP contribution in [0.25, 0.3) is 0 Å². The zero-order chi connectivity index (χ0) is 24.2. The number of nitrogens with one attached hydrogen (secondary N) is 2. The van der Waals surface area contributed by atoms with Gasteiger partial charge in [-0.2, -0.15) is 0 Å². The summed E-state index contributed by atoms with van der Waals surface area (Å²) in [6.45, 7) is 3.77. The monoisotopic (exact) mass is 467 g/mol. The van der Waals surface area contributed by atoms with E-state index in [1.54, 1.807) is 17.0 Å². The van der Waals surface area contributed by atoms with Crippen molar-refractivity contribution in [2.75, 3.05) is 38.2 Å². The molecule has 8 heteroatoms. The number of aryl methyl sites for hydroxylation is 1. The van der Waals surface area contributed by atoms with Crippen LogP contribution in [-0.2, 0) is 25.5 Å². The van der Waals surface area contributed by atoms with Gasteiger partial charge in [0.25, 0.3) is 0 Å². The number of hydrogen-bond acceptors (Lipinski definition) is 6. The summed E-state index contributed by atoms with van der Waals surface area (Å²) in [7, 11) is 0. The molecular formula is C26H33N3O5. The molecule has 1 aliphatic heterocycles. The molecule has 0 aromatic heterocycles. The number of benzene rings is 2. The maximum absolute atomic E-state index is 12.6. The summed E-state index contributed by atoms with van der Waals surface area (Å²) < 4.78 is 10.9. The Kier molecular flexibility index (Phi) is 9.91. The molecule has 1 heterocycles. The summed E-state index contributed by atoms with van der Waals surface area (Å²) in [4.78, 5) is 38.6. The predicted octanol–water partition coefficient (Wildman–Crippen LogP) is 2.78. The van der Waals surface area contributed by atoms with Crippen molar-refractivity contribution < 1.29 is 23.9 Å². The highest BCUT2D eigenvalue weighted by Crippen LogP contribution is 2.17. The Balaban J connectivity index is 1.44. The number of hydrogen-bond donors (Lipinski definition) is 2. The quantitative estimate of drug-likeness (QED) is 0.368. The van der Waals surface area contributed by atoms with Gasteiger partial charge in [0, 0.05) is 18.8 Å². The smallest absolute Gasteiger partial charge is 0.307 e. The highest BCUT2D eigenvalue weighted by Gasteiger charge is 2.33. The Morgan fingerprint density at radius 1 is 1.09 bits per heavy atom. The first-order valence-electron chi connectivity index (χ1n) is 11.8. The van der Waals surface area contributed by atoms with Crippen molar-refractivity contribution in [3.05, 3.63) is 60.2 Å². The molecule has 182 valence electrons. The molecule has 0 aliphatic carbocycles. The van der Waals surface area contributed by atoms with Crippen LogP contribution >= 0.6 is 0 Å². The molecule has 0 saturated carbocycles. The zero-order valence-electron chi connectivity index (χ0n) is 19.6. The van der Waals surface area contributed by atoms with Gasteiger partial charge in [0.15, 0.2) is 0 Å². The number of carbonyl (C=O) groups excluding carboxylic acids is 3. The molecule has 1 unspecified atom stereocenters. The van der Waals surface area contributed by atoms with E-state index in [1.165, 1.54) is 5.56 Å². The minimum atomic E-state index is -0.712. The van der Waals surface area contributed by atoms with Crippen LogP contribution in [0.5, 0.6) is 5.75 Å². The number of anilines is 1. The van der Waals surface area contributed by atoms with Crippen LogP contribution in [0.2, 0.25) is 0 Å². The fourth-order valence-corrected chi connectivity index (χ4v) is 3.74. The van der Waals surface area contributed by atoms with E-state index < -0.39 is 12.0 Å². The Morgan fingerprint density at radius 2 is 1.85 bits per heavy atom. The first-order valence-corrected chi connectivity index (χ1v) is 11.8. The van der Waals surface area contributed by atoms with E-state index in [9.17, 15) is 14.4 Å². The molecule has 1 saturated heterocycles. The Labute approximate surface area is 200 Å². The second kappa shape index (κ2) is 13.3. The van der Waals surface area contributed by atoms with E-state index in [4.69, 9.17) is 9.47 Å². The molecule has 34 heavy (non-hydrogen) atoms. The van der Waals surface area contributed by atoms with Crippen LogP contribution in [0.4, 0.5) is 5.69 Å². The lowest BCUT2D eigenvalue weighted by Crippen LogP contribution is -2.57. The molecular weight excluding hydrogens is 434 g/mol. The van der Waals surface area contributed by atoms with Crippen molar-refractivity contribution in [2.45, 2.75) is 38.6 Å². The van der Waals surface area contributed by atoms with Crippen molar-refractivity contribution in [1.82, 2.24) is 10.2 Å². The summed E-state index contributed by atoms with van der Waals surface area (Å²) in [6, 6.07) is 16.8. The van der Waals surface area contributed by atoms with Crippen LogP contribution in [0.1, 0.15) is 31.7 Å². The molecule has 3 rings (SSSR count). The van der Waals surface area contributed by atoms with Crippen molar-refractivity contribution in [2.24, 2.45) is 0 Å². The standard InChI is InChI=1S/C26H33N3O5/c1-2-16-34-25(31)18-23-26(32)27-14-15-29(23)19-24(30)28-21-10-12-22(13-11-21)33-17-6-9-20-7-4-3-5-8-20/h3-5,7-8,10-13,23H,2,6,9,14-19H2,1H3,(H,27,32)(H,28,30). The van der Waals surface area contributed by atoms with Crippen LogP contribution in [0.3, 0.4) is 0 Å². The van der Waals surface area contributed by atoms with Gasteiger partial charge >= 0.3 is 5.97 Å². The fraction of sp³-hybridized carbons (Fsp3) is 0.423. The summed E-state index contributed by atoms with van der Waals surface area (Å²) >= 11 is 0. The maximum atomic E-state index is 12.6. The van der Waals surface area contributed by atoms with Crippen LogP contribution in [0.15, 0.2) is 54.6 Å². The topological polar surface area (TPSA) is 97.0 Å². The number of rotatable bonds is 12. The van der Waals surface area contributed by atoms with Gasteiger partial charge in [0.05, 0.1) is 26.2 Å².